The summed E-state index contributed by atoms with van der Waals surface area (Å²) in [7, 11) is 0. The minimum absolute atomic E-state index is 0.0432. The van der Waals surface area contributed by atoms with Crippen LogP contribution in [0.15, 0.2) is 30.5 Å². The zero-order valence-electron chi connectivity index (χ0n) is 18.0. The Bertz CT molecular complexity index is 1430. The molecular weight excluding hydrogens is 461 g/mol. The number of nitrogens with zero attached hydrogens (tertiary/aromatic N) is 4. The first-order valence-electron chi connectivity index (χ1n) is 9.94. The molecule has 1 aliphatic rings. The summed E-state index contributed by atoms with van der Waals surface area (Å²) in [6.07, 6.45) is -1.61. The molecule has 5 rings (SSSR count). The average Bonchev–Trinajstić information content (AvgIpc) is 3.29. The van der Waals surface area contributed by atoms with Gasteiger partial charge in [-0.25, -0.2) is 8.78 Å². The number of hydrogen-bond acceptors (Lipinski definition) is 4. The van der Waals surface area contributed by atoms with Crippen molar-refractivity contribution < 1.29 is 22.0 Å². The van der Waals surface area contributed by atoms with Gasteiger partial charge in [0.05, 0.1) is 28.0 Å². The third-order valence-electron chi connectivity index (χ3n) is 5.79. The number of hydrogen-bond donors (Lipinski definition) is 1. The smallest absolute Gasteiger partial charge is 0.371 e. The van der Waals surface area contributed by atoms with Crippen LogP contribution >= 0.6 is 11.9 Å². The van der Waals surface area contributed by atoms with Crippen molar-refractivity contribution in [2.45, 2.75) is 32.5 Å². The first kappa shape index (κ1) is 21.7. The summed E-state index contributed by atoms with van der Waals surface area (Å²) < 4.78 is 77.0. The van der Waals surface area contributed by atoms with Crippen molar-refractivity contribution in [2.24, 2.45) is 0 Å². The van der Waals surface area contributed by atoms with Crippen LogP contribution in [-0.2, 0) is 11.7 Å². The van der Waals surface area contributed by atoms with E-state index in [1.54, 1.807) is 36.3 Å². The van der Waals surface area contributed by atoms with E-state index in [0.29, 0.717) is 10.9 Å². The molecule has 0 saturated heterocycles. The van der Waals surface area contributed by atoms with E-state index in [1.807, 2.05) is 0 Å². The molecule has 0 saturated carbocycles. The van der Waals surface area contributed by atoms with Gasteiger partial charge in [0.1, 0.15) is 17.5 Å². The summed E-state index contributed by atoms with van der Waals surface area (Å²) in [5, 5.41) is 11.3. The van der Waals surface area contributed by atoms with Gasteiger partial charge in [-0.2, -0.15) is 13.2 Å². The Balaban J connectivity index is 1.95. The first-order chi connectivity index (χ1) is 15.4. The van der Waals surface area contributed by atoms with Gasteiger partial charge in [-0.1, -0.05) is 0 Å². The second-order valence-corrected chi connectivity index (χ2v) is 9.13. The average molecular weight is 479 g/mol. The van der Waals surface area contributed by atoms with Gasteiger partial charge < -0.3 is 5.32 Å². The zero-order valence-corrected chi connectivity index (χ0v) is 18.8. The molecular formula is C22H18F5N5S. The van der Waals surface area contributed by atoms with Crippen molar-refractivity contribution in [2.75, 3.05) is 11.6 Å². The fourth-order valence-corrected chi connectivity index (χ4v) is 5.01. The number of rotatable bonds is 2. The normalized spacial score (nSPS) is 14.8. The fourth-order valence-electron chi connectivity index (χ4n) is 4.48. The van der Waals surface area contributed by atoms with Crippen molar-refractivity contribution in [3.63, 3.8) is 0 Å². The Kier molecular flexibility index (Phi) is 4.59. The maximum Gasteiger partial charge on any atom is 0.419 e. The van der Waals surface area contributed by atoms with Crippen molar-refractivity contribution in [1.29, 1.82) is 0 Å². The second-order valence-electron chi connectivity index (χ2n) is 8.37. The van der Waals surface area contributed by atoms with Crippen LogP contribution in [0.1, 0.15) is 31.1 Å². The molecule has 33 heavy (non-hydrogen) atoms. The van der Waals surface area contributed by atoms with Crippen LogP contribution in [0.5, 0.6) is 0 Å². The van der Waals surface area contributed by atoms with Gasteiger partial charge in [-0.15, -0.1) is 10.2 Å². The molecule has 11 heteroatoms. The third-order valence-corrected chi connectivity index (χ3v) is 6.50. The molecule has 5 nitrogen and oxygen atoms in total. The van der Waals surface area contributed by atoms with Gasteiger partial charge in [-0.3, -0.25) is 8.54 Å². The lowest BCUT2D eigenvalue weighted by Crippen LogP contribution is -2.37. The highest BCUT2D eigenvalue weighted by atomic mass is 32.2. The minimum Gasteiger partial charge on any atom is -0.371 e. The number of alkyl halides is 3. The Morgan fingerprint density at radius 1 is 1.09 bits per heavy atom. The number of benzene rings is 2. The van der Waals surface area contributed by atoms with Crippen LogP contribution in [0.4, 0.5) is 27.6 Å². The molecule has 0 radical (unpaired) electrons. The van der Waals surface area contributed by atoms with E-state index in [1.165, 1.54) is 29.5 Å². The summed E-state index contributed by atoms with van der Waals surface area (Å²) in [5.74, 6) is -1.39. The van der Waals surface area contributed by atoms with Gasteiger partial charge in [0.15, 0.2) is 5.82 Å². The van der Waals surface area contributed by atoms with E-state index in [9.17, 15) is 17.6 Å². The molecule has 0 spiro atoms. The predicted octanol–water partition coefficient (Wildman–Crippen LogP) is 6.28. The lowest BCUT2D eigenvalue weighted by molar-refractivity contribution is -0.137. The number of halogens is 5. The monoisotopic (exact) mass is 479 g/mol. The van der Waals surface area contributed by atoms with E-state index in [-0.39, 0.29) is 28.6 Å². The molecule has 0 unspecified atom stereocenters. The molecule has 0 bridgehead atoms. The molecule has 0 fully saturated rings. The maximum atomic E-state index is 15.5. The van der Waals surface area contributed by atoms with E-state index < -0.39 is 34.5 Å². The van der Waals surface area contributed by atoms with Crippen molar-refractivity contribution in [3.05, 3.63) is 59.3 Å². The number of aryl methyl sites for hydroxylation is 1. The summed E-state index contributed by atoms with van der Waals surface area (Å²) in [6, 6.07) is 4.72. The Morgan fingerprint density at radius 2 is 1.82 bits per heavy atom. The second kappa shape index (κ2) is 6.96. The number of aromatic nitrogens is 4. The molecule has 1 N–H and O–H groups in total. The molecule has 3 heterocycles. The van der Waals surface area contributed by atoms with Crippen LogP contribution in [0.25, 0.3) is 27.7 Å². The topological polar surface area (TPSA) is 47.7 Å². The Labute approximate surface area is 189 Å². The van der Waals surface area contributed by atoms with Crippen LogP contribution in [0.3, 0.4) is 0 Å². The van der Waals surface area contributed by atoms with Gasteiger partial charge >= 0.3 is 6.18 Å². The number of fused-ring (bicyclic) bond motifs is 4. The summed E-state index contributed by atoms with van der Waals surface area (Å²) in [4.78, 5) is 0. The zero-order chi connectivity index (χ0) is 23.9. The summed E-state index contributed by atoms with van der Waals surface area (Å²) >= 11 is 1.25. The largest absolute Gasteiger partial charge is 0.419 e. The van der Waals surface area contributed by atoms with Crippen LogP contribution in [0.2, 0.25) is 0 Å². The van der Waals surface area contributed by atoms with E-state index >= 15 is 4.39 Å². The van der Waals surface area contributed by atoms with Crippen LogP contribution < -0.4 is 5.32 Å². The Morgan fingerprint density at radius 3 is 2.48 bits per heavy atom. The quantitative estimate of drug-likeness (QED) is 0.344. The molecule has 2 aromatic carbocycles. The molecule has 2 aromatic heterocycles. The highest BCUT2D eigenvalue weighted by Crippen LogP contribution is 2.50. The molecule has 0 atom stereocenters. The standard InChI is InChI=1S/C22H18F5N5S/c1-10-29-30-20-21(2,3)28-15-9-14(24)17(18(22(25,26)27)19(15)32(10)20)13-7-11(23)8-16-12(13)5-6-31(16)33-4/h5-9,28H,1-4H3. The lowest BCUT2D eigenvalue weighted by atomic mass is 9.90. The van der Waals surface area contributed by atoms with Gasteiger partial charge in [0, 0.05) is 23.4 Å². The van der Waals surface area contributed by atoms with E-state index in [2.05, 4.69) is 15.5 Å². The highest BCUT2D eigenvalue weighted by Gasteiger charge is 2.45. The van der Waals surface area contributed by atoms with Crippen molar-refractivity contribution >= 4 is 28.5 Å². The molecule has 4 aromatic rings. The Hall–Kier alpha value is -3.08. The van der Waals surface area contributed by atoms with Gasteiger partial charge in [0.2, 0.25) is 0 Å². The third kappa shape index (κ3) is 3.12. The summed E-state index contributed by atoms with van der Waals surface area (Å²) in [6.45, 7) is 4.97. The summed E-state index contributed by atoms with van der Waals surface area (Å²) in [5.41, 5.74) is -3.01. The minimum atomic E-state index is -4.96. The number of nitrogens with one attached hydrogen (secondary N) is 1. The molecule has 0 amide bonds. The molecule has 172 valence electrons. The van der Waals surface area contributed by atoms with E-state index in [0.717, 1.165) is 12.1 Å². The highest BCUT2D eigenvalue weighted by molar-refractivity contribution is 7.97. The maximum absolute atomic E-state index is 15.5. The van der Waals surface area contributed by atoms with Gasteiger partial charge in [-0.05, 0) is 62.5 Å². The van der Waals surface area contributed by atoms with Crippen molar-refractivity contribution in [1.82, 2.24) is 18.7 Å². The SMILES string of the molecule is CSn1ccc2c(-c3c(F)cc4c(c3C(F)(F)F)-n3c(C)nnc3C(C)(C)N4)cc(F)cc21. The lowest BCUT2D eigenvalue weighted by Gasteiger charge is -2.36. The van der Waals surface area contributed by atoms with E-state index in [4.69, 9.17) is 0 Å². The predicted molar refractivity (Wildman–Crippen MR) is 118 cm³/mol. The first-order valence-corrected chi connectivity index (χ1v) is 11.1. The fraction of sp³-hybridized carbons (Fsp3) is 0.273. The van der Waals surface area contributed by atoms with Crippen LogP contribution in [0, 0.1) is 18.6 Å². The van der Waals surface area contributed by atoms with Crippen LogP contribution in [-0.4, -0.2) is 25.0 Å². The number of anilines is 1. The van der Waals surface area contributed by atoms with Crippen molar-refractivity contribution in [3.8, 4) is 16.8 Å². The molecule has 0 aliphatic carbocycles. The molecule has 1 aliphatic heterocycles. The van der Waals surface area contributed by atoms with Gasteiger partial charge in [0.25, 0.3) is 0 Å².